The molecule has 1 amide bonds. The smallest absolute Gasteiger partial charge is 0.475 e. The number of hydrogen-bond donors (Lipinski definition) is 1. The second kappa shape index (κ2) is 10.3. The molecule has 0 bridgehead atoms. The van der Waals surface area contributed by atoms with Crippen LogP contribution in [0.25, 0.3) is 0 Å². The molecule has 2 atom stereocenters. The molecule has 2 heterocycles. The molecule has 1 aliphatic carbocycles. The lowest BCUT2D eigenvalue weighted by molar-refractivity contribution is -0.192. The Morgan fingerprint density at radius 2 is 1.91 bits per heavy atom. The number of fused-ring (bicyclic) bond motifs is 1. The van der Waals surface area contributed by atoms with Gasteiger partial charge in [-0.2, -0.15) is 13.2 Å². The van der Waals surface area contributed by atoms with E-state index in [0.29, 0.717) is 19.1 Å². The molecule has 6 nitrogen and oxygen atoms in total. The van der Waals surface area contributed by atoms with Crippen molar-refractivity contribution >= 4 is 11.9 Å². The number of aliphatic carboxylic acids is 1. The van der Waals surface area contributed by atoms with Crippen LogP contribution in [0.4, 0.5) is 13.2 Å². The number of rotatable bonds is 5. The minimum Gasteiger partial charge on any atom is -0.475 e. The van der Waals surface area contributed by atoms with Crippen LogP contribution in [0.2, 0.25) is 0 Å². The Morgan fingerprint density at radius 1 is 1.21 bits per heavy atom. The number of pyridine rings is 1. The second-order valence-electron chi connectivity index (χ2n) is 8.62. The van der Waals surface area contributed by atoms with Crippen LogP contribution in [0.5, 0.6) is 0 Å². The van der Waals surface area contributed by atoms with E-state index in [1.165, 1.54) is 18.4 Å². The highest BCUT2D eigenvalue weighted by Gasteiger charge is 2.50. The van der Waals surface area contributed by atoms with Gasteiger partial charge < -0.3 is 14.7 Å². The first kappa shape index (κ1) is 24.7. The number of hydrogen-bond acceptors (Lipinski definition) is 4. The van der Waals surface area contributed by atoms with Gasteiger partial charge in [0.2, 0.25) is 0 Å². The number of aromatic nitrogens is 1. The third-order valence-electron chi connectivity index (χ3n) is 6.23. The zero-order valence-corrected chi connectivity index (χ0v) is 18.3. The predicted molar refractivity (Wildman–Crippen MR) is 114 cm³/mol. The van der Waals surface area contributed by atoms with Crippen LogP contribution in [-0.2, 0) is 16.1 Å². The molecule has 0 radical (unpaired) electrons. The number of carbonyl (C=O) groups excluding carboxylic acids is 1. The Hall–Kier alpha value is -2.94. The monoisotopic (exact) mass is 464 g/mol. The number of nitrogens with zero attached hydrogens (tertiary/aromatic N) is 2. The minimum absolute atomic E-state index is 0.120. The molecule has 9 heteroatoms. The topological polar surface area (TPSA) is 79.7 Å². The maximum Gasteiger partial charge on any atom is 0.490 e. The van der Waals surface area contributed by atoms with Crippen molar-refractivity contribution in [3.63, 3.8) is 0 Å². The van der Waals surface area contributed by atoms with Crippen molar-refractivity contribution in [2.45, 2.75) is 39.0 Å². The van der Waals surface area contributed by atoms with Gasteiger partial charge in [-0.05, 0) is 49.9 Å². The summed E-state index contributed by atoms with van der Waals surface area (Å²) in [4.78, 5) is 28.2. The summed E-state index contributed by atoms with van der Waals surface area (Å²) in [5.41, 5.74) is 3.05. The molecule has 1 saturated heterocycles. The predicted octanol–water partition coefficient (Wildman–Crippen LogP) is 4.48. The van der Waals surface area contributed by atoms with Crippen LogP contribution in [0.3, 0.4) is 0 Å². The van der Waals surface area contributed by atoms with Crippen molar-refractivity contribution in [2.75, 3.05) is 19.7 Å². The van der Waals surface area contributed by atoms with Gasteiger partial charge in [0.1, 0.15) is 0 Å². The summed E-state index contributed by atoms with van der Waals surface area (Å²) < 4.78 is 37.8. The first-order chi connectivity index (χ1) is 15.6. The molecule has 2 aromatic rings. The lowest BCUT2D eigenvalue weighted by Crippen LogP contribution is -2.34. The third-order valence-corrected chi connectivity index (χ3v) is 6.23. The van der Waals surface area contributed by atoms with Crippen LogP contribution < -0.4 is 0 Å². The highest BCUT2D eigenvalue weighted by molar-refractivity contribution is 5.94. The van der Waals surface area contributed by atoms with E-state index in [9.17, 15) is 18.0 Å². The summed E-state index contributed by atoms with van der Waals surface area (Å²) in [5, 5.41) is 7.12. The van der Waals surface area contributed by atoms with Gasteiger partial charge in [0.05, 0.1) is 18.9 Å². The molecule has 0 unspecified atom stereocenters. The molecule has 1 aliphatic heterocycles. The average molecular weight is 464 g/mol. The van der Waals surface area contributed by atoms with Crippen molar-refractivity contribution in [2.24, 2.45) is 11.3 Å². The second-order valence-corrected chi connectivity index (χ2v) is 8.62. The van der Waals surface area contributed by atoms with Crippen LogP contribution >= 0.6 is 0 Å². The van der Waals surface area contributed by atoms with E-state index in [-0.39, 0.29) is 11.3 Å². The van der Waals surface area contributed by atoms with Crippen molar-refractivity contribution < 1.29 is 32.6 Å². The molecule has 1 saturated carbocycles. The van der Waals surface area contributed by atoms with Crippen molar-refractivity contribution in [3.8, 4) is 0 Å². The normalized spacial score (nSPS) is 21.8. The van der Waals surface area contributed by atoms with Crippen LogP contribution in [-0.4, -0.2) is 52.7 Å². The molecule has 2 aliphatic rings. The Balaban J connectivity index is 0.000000383. The number of likely N-dealkylation sites (tertiary alicyclic amines) is 1. The lowest BCUT2D eigenvalue weighted by atomic mass is 9.81. The Morgan fingerprint density at radius 3 is 2.52 bits per heavy atom. The van der Waals surface area contributed by atoms with Gasteiger partial charge in [-0.15, -0.1) is 0 Å². The zero-order chi connectivity index (χ0) is 24.1. The lowest BCUT2D eigenvalue weighted by Gasteiger charge is -2.28. The molecular weight excluding hydrogens is 437 g/mol. The summed E-state index contributed by atoms with van der Waals surface area (Å²) >= 11 is 0. The number of carboxylic acids is 1. The average Bonchev–Trinajstić information content (AvgIpc) is 3.32. The van der Waals surface area contributed by atoms with Crippen LogP contribution in [0, 0.1) is 18.3 Å². The van der Waals surface area contributed by atoms with E-state index in [4.69, 9.17) is 14.6 Å². The van der Waals surface area contributed by atoms with Gasteiger partial charge in [0.15, 0.2) is 0 Å². The fourth-order valence-corrected chi connectivity index (χ4v) is 4.53. The minimum atomic E-state index is -5.08. The van der Waals surface area contributed by atoms with Gasteiger partial charge in [-0.25, -0.2) is 4.79 Å². The molecule has 0 spiro atoms. The Labute approximate surface area is 190 Å². The molecule has 178 valence electrons. The summed E-state index contributed by atoms with van der Waals surface area (Å²) in [7, 11) is 0. The molecule has 1 N–H and O–H groups in total. The number of alkyl halides is 3. The third kappa shape index (κ3) is 6.31. The van der Waals surface area contributed by atoms with E-state index in [1.54, 1.807) is 6.20 Å². The quantitative estimate of drug-likeness (QED) is 0.706. The zero-order valence-electron chi connectivity index (χ0n) is 18.3. The number of carbonyl (C=O) groups is 2. The van der Waals surface area contributed by atoms with Gasteiger partial charge in [-0.3, -0.25) is 9.78 Å². The first-order valence-corrected chi connectivity index (χ1v) is 10.7. The summed E-state index contributed by atoms with van der Waals surface area (Å²) in [6, 6.07) is 13.8. The maximum atomic E-state index is 12.9. The maximum absolute atomic E-state index is 12.9. The largest absolute Gasteiger partial charge is 0.490 e. The Kier molecular flexibility index (Phi) is 7.73. The van der Waals surface area contributed by atoms with E-state index >= 15 is 0 Å². The van der Waals surface area contributed by atoms with E-state index in [1.807, 2.05) is 54.3 Å². The summed E-state index contributed by atoms with van der Waals surface area (Å²) in [5.74, 6) is -2.04. The fraction of sp³-hybridized carbons (Fsp3) is 0.458. The number of carboxylic acid groups (broad SMARTS) is 1. The van der Waals surface area contributed by atoms with Gasteiger partial charge in [0, 0.05) is 30.3 Å². The van der Waals surface area contributed by atoms with E-state index in [2.05, 4.69) is 4.98 Å². The van der Waals surface area contributed by atoms with Crippen molar-refractivity contribution in [1.82, 2.24) is 9.88 Å². The summed E-state index contributed by atoms with van der Waals surface area (Å²) in [6.07, 6.45) is 0.305. The van der Waals surface area contributed by atoms with Crippen LogP contribution in [0.15, 0.2) is 48.7 Å². The number of amides is 1. The number of halogens is 3. The molecule has 2 fully saturated rings. The standard InChI is InChI=1S/C22H26N2O2.C2HF3O2/c1-17-7-9-18(10-8-17)21(25)24-13-19-5-4-11-22(19,15-24)16-26-14-20-6-2-3-12-23-20;3-2(4,5)1(6)7/h2-3,6-10,12,19H,4-5,11,13-16H2,1H3;(H,6,7)/t19-,22+;/m1./s1. The van der Waals surface area contributed by atoms with Gasteiger partial charge >= 0.3 is 12.1 Å². The van der Waals surface area contributed by atoms with Gasteiger partial charge in [0.25, 0.3) is 5.91 Å². The first-order valence-electron chi connectivity index (χ1n) is 10.7. The SMILES string of the molecule is Cc1ccc(C(=O)N2C[C@H]3CCC[C@@]3(COCc3ccccn3)C2)cc1.O=C(O)C(F)(F)F. The number of ether oxygens (including phenoxy) is 1. The van der Waals surface area contributed by atoms with E-state index in [0.717, 1.165) is 30.8 Å². The van der Waals surface area contributed by atoms with Crippen molar-refractivity contribution in [3.05, 3.63) is 65.5 Å². The fourth-order valence-electron chi connectivity index (χ4n) is 4.53. The molecular formula is C24H27F3N2O4. The van der Waals surface area contributed by atoms with E-state index < -0.39 is 12.1 Å². The molecule has 4 rings (SSSR count). The highest BCUT2D eigenvalue weighted by atomic mass is 19.4. The molecule has 1 aromatic carbocycles. The highest BCUT2D eigenvalue weighted by Crippen LogP contribution is 2.49. The number of aryl methyl sites for hydroxylation is 1. The van der Waals surface area contributed by atoms with Crippen molar-refractivity contribution in [1.29, 1.82) is 0 Å². The summed E-state index contributed by atoms with van der Waals surface area (Å²) in [6.45, 7) is 4.97. The van der Waals surface area contributed by atoms with Gasteiger partial charge in [-0.1, -0.05) is 30.2 Å². The Bertz CT molecular complexity index is 950. The number of benzene rings is 1. The molecule has 33 heavy (non-hydrogen) atoms. The van der Waals surface area contributed by atoms with Crippen LogP contribution in [0.1, 0.15) is 40.9 Å². The molecule has 1 aromatic heterocycles.